The lowest BCUT2D eigenvalue weighted by Gasteiger charge is -2.14. The van der Waals surface area contributed by atoms with E-state index in [0.717, 1.165) is 22.5 Å². The quantitative estimate of drug-likeness (QED) is 0.548. The van der Waals surface area contributed by atoms with Gasteiger partial charge in [0, 0.05) is 12.2 Å². The average Bonchev–Trinajstić information content (AvgIpc) is 3.08. The Bertz CT molecular complexity index is 1150. The Morgan fingerprint density at radius 2 is 1.69 bits per heavy atom. The van der Waals surface area contributed by atoms with E-state index in [-0.39, 0.29) is 11.8 Å². The molecule has 0 aliphatic carbocycles. The number of nitrogens with one attached hydrogen (secondary N) is 1. The minimum absolute atomic E-state index is 0.0982. The molecule has 2 heterocycles. The second-order valence-electron chi connectivity index (χ2n) is 7.36. The Balaban J connectivity index is 1.67. The smallest absolute Gasteiger partial charge is 0.252 e. The molecule has 0 fully saturated rings. The van der Waals surface area contributed by atoms with Crippen molar-refractivity contribution in [2.45, 2.75) is 26.7 Å². The Labute approximate surface area is 170 Å². The van der Waals surface area contributed by atoms with Crippen LogP contribution in [0.2, 0.25) is 0 Å². The monoisotopic (exact) mass is 384 g/mol. The number of benzene rings is 2. The summed E-state index contributed by atoms with van der Waals surface area (Å²) >= 11 is 0. The molecule has 29 heavy (non-hydrogen) atoms. The fourth-order valence-electron chi connectivity index (χ4n) is 3.58. The van der Waals surface area contributed by atoms with Gasteiger partial charge in [0.2, 0.25) is 0 Å². The molecule has 146 valence electrons. The number of aryl methyl sites for hydroxylation is 2. The number of aromatic nitrogens is 3. The third-order valence-electron chi connectivity index (χ3n) is 5.12. The van der Waals surface area contributed by atoms with Crippen molar-refractivity contribution in [2.75, 3.05) is 6.54 Å². The SMILES string of the molecule is Cc1cc(C(=O)NCC(C)c2ccccc2)c2c(C)nn(-c3ccccc3)c2n1. The van der Waals surface area contributed by atoms with Crippen LogP contribution in [-0.4, -0.2) is 27.2 Å². The molecule has 0 saturated carbocycles. The van der Waals surface area contributed by atoms with Crippen LogP contribution in [0.3, 0.4) is 0 Å². The van der Waals surface area contributed by atoms with Gasteiger partial charge >= 0.3 is 0 Å². The topological polar surface area (TPSA) is 59.8 Å². The summed E-state index contributed by atoms with van der Waals surface area (Å²) in [6.07, 6.45) is 0. The van der Waals surface area contributed by atoms with Gasteiger partial charge in [-0.25, -0.2) is 9.67 Å². The van der Waals surface area contributed by atoms with Gasteiger partial charge in [-0.1, -0.05) is 55.5 Å². The number of pyridine rings is 1. The largest absolute Gasteiger partial charge is 0.351 e. The lowest BCUT2D eigenvalue weighted by atomic mass is 10.0. The molecule has 5 heteroatoms. The molecule has 4 aromatic rings. The highest BCUT2D eigenvalue weighted by Crippen LogP contribution is 2.25. The highest BCUT2D eigenvalue weighted by Gasteiger charge is 2.20. The predicted molar refractivity (Wildman–Crippen MR) is 116 cm³/mol. The standard InChI is InChI=1S/C24H24N4O/c1-16(19-10-6-4-7-11-19)15-25-24(29)21-14-17(2)26-23-22(21)18(3)27-28(23)20-12-8-5-9-13-20/h4-14,16H,15H2,1-3H3,(H,25,29). The molecule has 0 saturated heterocycles. The first kappa shape index (κ1) is 18.9. The molecule has 0 aliphatic rings. The van der Waals surface area contributed by atoms with E-state index >= 15 is 0 Å². The second-order valence-corrected chi connectivity index (χ2v) is 7.36. The highest BCUT2D eigenvalue weighted by atomic mass is 16.1. The zero-order valence-electron chi connectivity index (χ0n) is 16.9. The molecule has 0 bridgehead atoms. The van der Waals surface area contributed by atoms with Gasteiger partial charge in [-0.05, 0) is 43.5 Å². The van der Waals surface area contributed by atoms with Gasteiger partial charge in [-0.15, -0.1) is 0 Å². The van der Waals surface area contributed by atoms with E-state index in [9.17, 15) is 4.79 Å². The van der Waals surface area contributed by atoms with Crippen molar-refractivity contribution in [2.24, 2.45) is 0 Å². The Morgan fingerprint density at radius 1 is 1.03 bits per heavy atom. The van der Waals surface area contributed by atoms with E-state index < -0.39 is 0 Å². The number of rotatable bonds is 5. The number of hydrogen-bond acceptors (Lipinski definition) is 3. The van der Waals surface area contributed by atoms with Crippen molar-refractivity contribution in [1.82, 2.24) is 20.1 Å². The molecular weight excluding hydrogens is 360 g/mol. The minimum Gasteiger partial charge on any atom is -0.351 e. The van der Waals surface area contributed by atoms with Crippen molar-refractivity contribution in [3.63, 3.8) is 0 Å². The third-order valence-corrected chi connectivity index (χ3v) is 5.12. The fraction of sp³-hybridized carbons (Fsp3) is 0.208. The van der Waals surface area contributed by atoms with Crippen molar-refractivity contribution >= 4 is 16.9 Å². The molecule has 0 aliphatic heterocycles. The lowest BCUT2D eigenvalue weighted by Crippen LogP contribution is -2.28. The molecule has 1 atom stereocenters. The van der Waals surface area contributed by atoms with Gasteiger partial charge in [-0.2, -0.15) is 5.10 Å². The van der Waals surface area contributed by atoms with E-state index in [4.69, 9.17) is 0 Å². The summed E-state index contributed by atoms with van der Waals surface area (Å²) in [6.45, 7) is 6.50. The highest BCUT2D eigenvalue weighted by molar-refractivity contribution is 6.06. The zero-order valence-corrected chi connectivity index (χ0v) is 16.9. The number of fused-ring (bicyclic) bond motifs is 1. The van der Waals surface area contributed by atoms with Gasteiger partial charge in [0.1, 0.15) is 0 Å². The minimum atomic E-state index is -0.0982. The average molecular weight is 384 g/mol. The van der Waals surface area contributed by atoms with Gasteiger partial charge in [0.25, 0.3) is 5.91 Å². The van der Waals surface area contributed by atoms with Crippen molar-refractivity contribution in [3.8, 4) is 5.69 Å². The summed E-state index contributed by atoms with van der Waals surface area (Å²) in [5, 5.41) is 8.55. The van der Waals surface area contributed by atoms with Crippen LogP contribution in [0.15, 0.2) is 66.7 Å². The molecule has 2 aromatic heterocycles. The van der Waals surface area contributed by atoms with E-state index in [1.165, 1.54) is 5.56 Å². The maximum atomic E-state index is 13.1. The molecule has 1 unspecified atom stereocenters. The molecule has 0 spiro atoms. The van der Waals surface area contributed by atoms with Crippen LogP contribution in [0.5, 0.6) is 0 Å². The predicted octanol–water partition coefficient (Wildman–Crippen LogP) is 4.57. The molecule has 4 rings (SSSR count). The maximum Gasteiger partial charge on any atom is 0.252 e. The molecular formula is C24H24N4O. The van der Waals surface area contributed by atoms with E-state index in [1.807, 2.05) is 68.4 Å². The van der Waals surface area contributed by atoms with Crippen LogP contribution >= 0.6 is 0 Å². The van der Waals surface area contributed by atoms with Crippen LogP contribution < -0.4 is 5.32 Å². The van der Waals surface area contributed by atoms with Crippen LogP contribution in [-0.2, 0) is 0 Å². The maximum absolute atomic E-state index is 13.1. The Hall–Kier alpha value is -3.47. The lowest BCUT2D eigenvalue weighted by molar-refractivity contribution is 0.0953. The van der Waals surface area contributed by atoms with Gasteiger partial charge in [-0.3, -0.25) is 4.79 Å². The van der Waals surface area contributed by atoms with Crippen LogP contribution in [0.1, 0.15) is 40.2 Å². The number of carbonyl (C=O) groups is 1. The molecule has 1 N–H and O–H groups in total. The number of para-hydroxylation sites is 1. The number of carbonyl (C=O) groups excluding carboxylic acids is 1. The van der Waals surface area contributed by atoms with Crippen LogP contribution in [0, 0.1) is 13.8 Å². The number of nitrogens with zero attached hydrogens (tertiary/aromatic N) is 3. The number of amides is 1. The van der Waals surface area contributed by atoms with Crippen LogP contribution in [0.4, 0.5) is 0 Å². The molecule has 5 nitrogen and oxygen atoms in total. The normalized spacial score (nSPS) is 12.1. The van der Waals surface area contributed by atoms with Crippen LogP contribution in [0.25, 0.3) is 16.7 Å². The fourth-order valence-corrected chi connectivity index (χ4v) is 3.58. The van der Waals surface area contributed by atoms with E-state index in [2.05, 4.69) is 34.5 Å². The van der Waals surface area contributed by atoms with E-state index in [1.54, 1.807) is 4.68 Å². The molecule has 1 amide bonds. The summed E-state index contributed by atoms with van der Waals surface area (Å²) in [5.74, 6) is 0.130. The first-order chi connectivity index (χ1) is 14.0. The summed E-state index contributed by atoms with van der Waals surface area (Å²) in [7, 11) is 0. The first-order valence-corrected chi connectivity index (χ1v) is 9.80. The van der Waals surface area contributed by atoms with Crippen molar-refractivity contribution in [1.29, 1.82) is 0 Å². The van der Waals surface area contributed by atoms with Gasteiger partial charge < -0.3 is 5.32 Å². The Morgan fingerprint density at radius 3 is 2.38 bits per heavy atom. The van der Waals surface area contributed by atoms with E-state index in [0.29, 0.717) is 17.8 Å². The van der Waals surface area contributed by atoms with Crippen molar-refractivity contribution < 1.29 is 4.79 Å². The zero-order chi connectivity index (χ0) is 20.4. The van der Waals surface area contributed by atoms with Gasteiger partial charge in [0.05, 0.1) is 22.3 Å². The summed E-state index contributed by atoms with van der Waals surface area (Å²) in [5.41, 5.74) is 5.03. The molecule has 0 radical (unpaired) electrons. The number of hydrogen-bond donors (Lipinski definition) is 1. The first-order valence-electron chi connectivity index (χ1n) is 9.80. The third kappa shape index (κ3) is 3.76. The van der Waals surface area contributed by atoms with Gasteiger partial charge in [0.15, 0.2) is 5.65 Å². The second kappa shape index (κ2) is 7.87. The summed E-state index contributed by atoms with van der Waals surface area (Å²) in [6, 6.07) is 21.9. The molecule has 2 aromatic carbocycles. The van der Waals surface area contributed by atoms with Crippen molar-refractivity contribution in [3.05, 3.63) is 89.2 Å². The Kier molecular flexibility index (Phi) is 5.12. The summed E-state index contributed by atoms with van der Waals surface area (Å²) < 4.78 is 1.81. The summed E-state index contributed by atoms with van der Waals surface area (Å²) in [4.78, 5) is 17.7.